The number of carbonyl (C=O) groups is 2. The van der Waals surface area contributed by atoms with Crippen LogP contribution in [0.1, 0.15) is 29.3 Å². The van der Waals surface area contributed by atoms with Crippen molar-refractivity contribution in [3.63, 3.8) is 0 Å². The molecule has 0 bridgehead atoms. The van der Waals surface area contributed by atoms with Gasteiger partial charge in [-0.05, 0) is 25.0 Å². The average molecular weight is 308 g/mol. The Morgan fingerprint density at radius 2 is 2.24 bits per heavy atom. The van der Waals surface area contributed by atoms with Gasteiger partial charge in [0.05, 0.1) is 11.3 Å². The van der Waals surface area contributed by atoms with Gasteiger partial charge in [-0.15, -0.1) is 0 Å². The smallest absolute Gasteiger partial charge is 0.337 e. The molecule has 1 aliphatic rings. The van der Waals surface area contributed by atoms with Crippen LogP contribution in [-0.4, -0.2) is 46.1 Å². The van der Waals surface area contributed by atoms with Crippen LogP contribution in [0, 0.1) is 6.92 Å². The molecule has 21 heavy (non-hydrogen) atoms. The number of hydrogen-bond acceptors (Lipinski definition) is 3. The Morgan fingerprint density at radius 3 is 2.90 bits per heavy atom. The number of carboxylic acids is 1. The predicted molar refractivity (Wildman–Crippen MR) is 85.3 cm³/mol. The number of carbonyl (C=O) groups excluding carboxylic acids is 1. The minimum atomic E-state index is -1.03. The molecule has 0 aliphatic carbocycles. The first-order chi connectivity index (χ1) is 10.0. The zero-order valence-electron chi connectivity index (χ0n) is 12.3. The van der Waals surface area contributed by atoms with Crippen LogP contribution < -0.4 is 5.32 Å². The van der Waals surface area contributed by atoms with E-state index in [9.17, 15) is 14.7 Å². The van der Waals surface area contributed by atoms with E-state index in [-0.39, 0.29) is 11.6 Å². The van der Waals surface area contributed by atoms with Crippen molar-refractivity contribution >= 4 is 29.4 Å². The SMILES string of the molecule is CCC1CN(C(=O)Nc2c(C)cccc2C(=O)O)CCS1. The van der Waals surface area contributed by atoms with Gasteiger partial charge in [0.1, 0.15) is 0 Å². The molecule has 2 rings (SSSR count). The van der Waals surface area contributed by atoms with Crippen LogP contribution in [0.5, 0.6) is 0 Å². The molecule has 0 aromatic heterocycles. The summed E-state index contributed by atoms with van der Waals surface area (Å²) in [6.07, 6.45) is 1.03. The first-order valence-electron chi connectivity index (χ1n) is 7.03. The third-order valence-electron chi connectivity index (χ3n) is 3.62. The summed E-state index contributed by atoms with van der Waals surface area (Å²) < 4.78 is 0. The summed E-state index contributed by atoms with van der Waals surface area (Å²) in [5.41, 5.74) is 1.27. The average Bonchev–Trinajstić information content (AvgIpc) is 2.49. The molecular formula is C15H20N2O3S. The fourth-order valence-electron chi connectivity index (χ4n) is 2.35. The third kappa shape index (κ3) is 3.69. The predicted octanol–water partition coefficient (Wildman–Crippen LogP) is 3.05. The molecule has 0 saturated carbocycles. The quantitative estimate of drug-likeness (QED) is 0.900. The molecule has 1 aliphatic heterocycles. The summed E-state index contributed by atoms with van der Waals surface area (Å²) in [5.74, 6) is -0.111. The second kappa shape index (κ2) is 6.85. The second-order valence-electron chi connectivity index (χ2n) is 5.08. The highest BCUT2D eigenvalue weighted by Gasteiger charge is 2.24. The number of carboxylic acid groups (broad SMARTS) is 1. The van der Waals surface area contributed by atoms with E-state index >= 15 is 0 Å². The van der Waals surface area contributed by atoms with Crippen molar-refractivity contribution in [3.05, 3.63) is 29.3 Å². The van der Waals surface area contributed by atoms with Gasteiger partial charge in [0.2, 0.25) is 0 Å². The molecule has 1 saturated heterocycles. The fraction of sp³-hybridized carbons (Fsp3) is 0.467. The first kappa shape index (κ1) is 15.7. The van der Waals surface area contributed by atoms with Crippen LogP contribution >= 0.6 is 11.8 Å². The van der Waals surface area contributed by atoms with Gasteiger partial charge in [-0.2, -0.15) is 11.8 Å². The van der Waals surface area contributed by atoms with E-state index in [1.807, 2.05) is 11.8 Å². The molecule has 1 aromatic rings. The number of rotatable bonds is 3. The Kier molecular flexibility index (Phi) is 5.12. The Morgan fingerprint density at radius 1 is 1.48 bits per heavy atom. The molecule has 1 fully saturated rings. The normalized spacial score (nSPS) is 18.4. The van der Waals surface area contributed by atoms with Gasteiger partial charge < -0.3 is 15.3 Å². The van der Waals surface area contributed by atoms with E-state index < -0.39 is 5.97 Å². The van der Waals surface area contributed by atoms with E-state index in [2.05, 4.69) is 12.2 Å². The molecule has 1 heterocycles. The third-order valence-corrected chi connectivity index (χ3v) is 4.99. The Hall–Kier alpha value is -1.69. The van der Waals surface area contributed by atoms with Gasteiger partial charge >= 0.3 is 12.0 Å². The highest BCUT2D eigenvalue weighted by Crippen LogP contribution is 2.24. The van der Waals surface area contributed by atoms with Crippen LogP contribution in [0.3, 0.4) is 0 Å². The van der Waals surface area contributed by atoms with Crippen LogP contribution in [0.2, 0.25) is 0 Å². The summed E-state index contributed by atoms with van der Waals surface area (Å²) >= 11 is 1.89. The second-order valence-corrected chi connectivity index (χ2v) is 6.49. The van der Waals surface area contributed by atoms with Crippen LogP contribution in [0.15, 0.2) is 18.2 Å². The molecule has 1 atom stereocenters. The molecule has 6 heteroatoms. The number of urea groups is 1. The number of hydrogen-bond donors (Lipinski definition) is 2. The molecule has 2 amide bonds. The minimum Gasteiger partial charge on any atom is -0.478 e. The number of anilines is 1. The molecule has 114 valence electrons. The largest absolute Gasteiger partial charge is 0.478 e. The number of para-hydroxylation sites is 1. The molecule has 0 radical (unpaired) electrons. The monoisotopic (exact) mass is 308 g/mol. The van der Waals surface area contributed by atoms with Crippen molar-refractivity contribution < 1.29 is 14.7 Å². The number of nitrogens with one attached hydrogen (secondary N) is 1. The number of thioether (sulfide) groups is 1. The van der Waals surface area contributed by atoms with Gasteiger partial charge in [-0.25, -0.2) is 9.59 Å². The zero-order valence-corrected chi connectivity index (χ0v) is 13.1. The van der Waals surface area contributed by atoms with Crippen molar-refractivity contribution in [1.82, 2.24) is 4.90 Å². The van der Waals surface area contributed by atoms with Gasteiger partial charge in [0, 0.05) is 24.1 Å². The standard InChI is InChI=1S/C15H20N2O3S/c1-3-11-9-17(7-8-21-11)15(20)16-13-10(2)5-4-6-12(13)14(18)19/h4-6,11H,3,7-9H2,1-2H3,(H,16,20)(H,18,19). The number of benzene rings is 1. The van der Waals surface area contributed by atoms with Crippen molar-refractivity contribution in [1.29, 1.82) is 0 Å². The van der Waals surface area contributed by atoms with Crippen molar-refractivity contribution in [3.8, 4) is 0 Å². The molecule has 2 N–H and O–H groups in total. The lowest BCUT2D eigenvalue weighted by Crippen LogP contribution is -2.44. The van der Waals surface area contributed by atoms with Gasteiger partial charge in [0.25, 0.3) is 0 Å². The van der Waals surface area contributed by atoms with Crippen LogP contribution in [0.4, 0.5) is 10.5 Å². The number of nitrogens with zero attached hydrogens (tertiary/aromatic N) is 1. The lowest BCUT2D eigenvalue weighted by Gasteiger charge is -2.32. The zero-order chi connectivity index (χ0) is 15.4. The van der Waals surface area contributed by atoms with E-state index in [1.165, 1.54) is 6.07 Å². The molecular weight excluding hydrogens is 288 g/mol. The summed E-state index contributed by atoms with van der Waals surface area (Å²) in [7, 11) is 0. The summed E-state index contributed by atoms with van der Waals surface area (Å²) in [6.45, 7) is 5.31. The summed E-state index contributed by atoms with van der Waals surface area (Å²) in [4.78, 5) is 25.4. The highest BCUT2D eigenvalue weighted by molar-refractivity contribution is 8.00. The fourth-order valence-corrected chi connectivity index (χ4v) is 3.53. The van der Waals surface area contributed by atoms with Crippen molar-refractivity contribution in [2.75, 3.05) is 24.2 Å². The van der Waals surface area contributed by atoms with E-state index in [0.29, 0.717) is 24.0 Å². The summed E-state index contributed by atoms with van der Waals surface area (Å²) in [5, 5.41) is 12.5. The Labute approximate surface area is 128 Å². The lowest BCUT2D eigenvalue weighted by molar-refractivity contribution is 0.0698. The summed E-state index contributed by atoms with van der Waals surface area (Å²) in [6, 6.07) is 4.76. The maximum atomic E-state index is 12.4. The minimum absolute atomic E-state index is 0.127. The number of aryl methyl sites for hydroxylation is 1. The van der Waals surface area contributed by atoms with E-state index in [1.54, 1.807) is 24.0 Å². The Balaban J connectivity index is 2.14. The lowest BCUT2D eigenvalue weighted by atomic mass is 10.1. The Bertz CT molecular complexity index is 548. The molecule has 1 unspecified atom stereocenters. The molecule has 1 aromatic carbocycles. The number of amides is 2. The van der Waals surface area contributed by atoms with E-state index in [4.69, 9.17) is 0 Å². The number of aromatic carboxylic acids is 1. The van der Waals surface area contributed by atoms with Crippen LogP contribution in [0.25, 0.3) is 0 Å². The van der Waals surface area contributed by atoms with Crippen LogP contribution in [-0.2, 0) is 0 Å². The first-order valence-corrected chi connectivity index (χ1v) is 8.08. The van der Waals surface area contributed by atoms with Gasteiger partial charge in [0.15, 0.2) is 0 Å². The van der Waals surface area contributed by atoms with E-state index in [0.717, 1.165) is 17.7 Å². The maximum absolute atomic E-state index is 12.4. The molecule has 0 spiro atoms. The van der Waals surface area contributed by atoms with Crippen molar-refractivity contribution in [2.45, 2.75) is 25.5 Å². The molecule has 5 nitrogen and oxygen atoms in total. The van der Waals surface area contributed by atoms with Crippen molar-refractivity contribution in [2.24, 2.45) is 0 Å². The maximum Gasteiger partial charge on any atom is 0.337 e. The van der Waals surface area contributed by atoms with Gasteiger partial charge in [-0.3, -0.25) is 0 Å². The highest BCUT2D eigenvalue weighted by atomic mass is 32.2. The van der Waals surface area contributed by atoms with Gasteiger partial charge in [-0.1, -0.05) is 19.1 Å². The topological polar surface area (TPSA) is 69.6 Å².